The Morgan fingerprint density at radius 3 is 2.74 bits per heavy atom. The number of methoxy groups -OCH3 is 1. The van der Waals surface area contributed by atoms with Crippen molar-refractivity contribution >= 4 is 17.6 Å². The van der Waals surface area contributed by atoms with Crippen LogP contribution in [0.25, 0.3) is 0 Å². The monoisotopic (exact) mass is 320 g/mol. The van der Waals surface area contributed by atoms with E-state index in [0.717, 1.165) is 38.0 Å². The van der Waals surface area contributed by atoms with E-state index in [4.69, 9.17) is 9.84 Å². The molecule has 1 atom stereocenters. The van der Waals surface area contributed by atoms with Crippen molar-refractivity contribution in [3.63, 3.8) is 0 Å². The number of hydrogen-bond donors (Lipinski definition) is 2. The number of carbonyl (C=O) groups excluding carboxylic acids is 1. The Labute approximate surface area is 136 Å². The molecular weight excluding hydrogens is 296 g/mol. The van der Waals surface area contributed by atoms with Crippen LogP contribution < -0.4 is 5.32 Å². The Morgan fingerprint density at radius 1 is 1.35 bits per heavy atom. The molecule has 0 saturated carbocycles. The maximum atomic E-state index is 11.4. The predicted octanol–water partition coefficient (Wildman–Crippen LogP) is 1.61. The first-order valence-electron chi connectivity index (χ1n) is 7.91. The number of benzene rings is 1. The average Bonchev–Trinajstić information content (AvgIpc) is 2.54. The highest BCUT2D eigenvalue weighted by molar-refractivity contribution is 5.91. The molecule has 0 radical (unpaired) electrons. The van der Waals surface area contributed by atoms with E-state index in [0.29, 0.717) is 6.54 Å². The zero-order chi connectivity index (χ0) is 16.7. The summed E-state index contributed by atoms with van der Waals surface area (Å²) in [6.07, 6.45) is 2.60. The zero-order valence-corrected chi connectivity index (χ0v) is 13.5. The number of anilines is 1. The number of carbonyl (C=O) groups is 2. The summed E-state index contributed by atoms with van der Waals surface area (Å²) < 4.78 is 4.77. The Kier molecular flexibility index (Phi) is 6.55. The van der Waals surface area contributed by atoms with Gasteiger partial charge in [-0.15, -0.1) is 0 Å². The van der Waals surface area contributed by atoms with Gasteiger partial charge in [-0.2, -0.15) is 0 Å². The molecule has 23 heavy (non-hydrogen) atoms. The van der Waals surface area contributed by atoms with Gasteiger partial charge in [-0.1, -0.05) is 12.1 Å². The highest BCUT2D eigenvalue weighted by Crippen LogP contribution is 2.17. The second kappa shape index (κ2) is 8.64. The lowest BCUT2D eigenvalue weighted by Crippen LogP contribution is -2.39. The summed E-state index contributed by atoms with van der Waals surface area (Å²) >= 11 is 0. The van der Waals surface area contributed by atoms with E-state index in [1.165, 1.54) is 12.7 Å². The number of nitrogens with zero attached hydrogens (tertiary/aromatic N) is 1. The van der Waals surface area contributed by atoms with Gasteiger partial charge in [-0.05, 0) is 43.5 Å². The van der Waals surface area contributed by atoms with Gasteiger partial charge < -0.3 is 20.1 Å². The smallest absolute Gasteiger partial charge is 0.307 e. The molecule has 0 spiro atoms. The fourth-order valence-corrected chi connectivity index (χ4v) is 2.83. The van der Waals surface area contributed by atoms with Crippen LogP contribution in [-0.2, 0) is 20.7 Å². The van der Waals surface area contributed by atoms with E-state index in [9.17, 15) is 9.59 Å². The lowest BCUT2D eigenvalue weighted by atomic mass is 9.98. The molecule has 1 aromatic rings. The van der Waals surface area contributed by atoms with Gasteiger partial charge in [-0.25, -0.2) is 0 Å². The number of aliphatic carboxylic acids is 1. The molecule has 1 aliphatic heterocycles. The van der Waals surface area contributed by atoms with Crippen LogP contribution in [0.4, 0.5) is 5.69 Å². The summed E-state index contributed by atoms with van der Waals surface area (Å²) in [4.78, 5) is 24.7. The molecule has 126 valence electrons. The molecule has 0 aliphatic carbocycles. The number of amides is 1. The summed E-state index contributed by atoms with van der Waals surface area (Å²) in [5, 5.41) is 11.9. The van der Waals surface area contributed by atoms with Crippen molar-refractivity contribution in [1.29, 1.82) is 0 Å². The van der Waals surface area contributed by atoms with Crippen molar-refractivity contribution < 1.29 is 19.4 Å². The van der Waals surface area contributed by atoms with Crippen molar-refractivity contribution in [2.24, 2.45) is 5.92 Å². The molecule has 6 nitrogen and oxygen atoms in total. The van der Waals surface area contributed by atoms with E-state index in [-0.39, 0.29) is 18.4 Å². The number of carboxylic acid groups (broad SMARTS) is 1. The molecule has 1 amide bonds. The van der Waals surface area contributed by atoms with Crippen LogP contribution in [0.5, 0.6) is 0 Å². The summed E-state index contributed by atoms with van der Waals surface area (Å²) in [6.45, 7) is 2.51. The van der Waals surface area contributed by atoms with Gasteiger partial charge in [0.15, 0.2) is 0 Å². The molecule has 2 N–H and O–H groups in total. The van der Waals surface area contributed by atoms with E-state index < -0.39 is 5.97 Å². The Morgan fingerprint density at radius 2 is 2.09 bits per heavy atom. The maximum absolute atomic E-state index is 11.4. The largest absolute Gasteiger partial charge is 0.481 e. The van der Waals surface area contributed by atoms with Crippen LogP contribution in [0, 0.1) is 5.92 Å². The van der Waals surface area contributed by atoms with Gasteiger partial charge in [-0.3, -0.25) is 9.59 Å². The topological polar surface area (TPSA) is 78.9 Å². The van der Waals surface area contributed by atoms with Crippen LogP contribution in [0.15, 0.2) is 24.3 Å². The van der Waals surface area contributed by atoms with Crippen LogP contribution in [0.2, 0.25) is 0 Å². The molecular formula is C17H24N2O4. The summed E-state index contributed by atoms with van der Waals surface area (Å²) in [5.74, 6) is -1.10. The lowest BCUT2D eigenvalue weighted by Gasteiger charge is -2.30. The van der Waals surface area contributed by atoms with Crippen molar-refractivity contribution in [3.8, 4) is 0 Å². The Hall–Kier alpha value is -1.92. The van der Waals surface area contributed by atoms with Gasteiger partial charge in [0.1, 0.15) is 6.61 Å². The van der Waals surface area contributed by atoms with E-state index in [2.05, 4.69) is 10.2 Å². The first kappa shape index (κ1) is 17.4. The van der Waals surface area contributed by atoms with Crippen LogP contribution in [-0.4, -0.2) is 55.2 Å². The minimum Gasteiger partial charge on any atom is -0.481 e. The van der Waals surface area contributed by atoms with Crippen molar-refractivity contribution in [1.82, 2.24) is 4.90 Å². The van der Waals surface area contributed by atoms with Crippen LogP contribution in [0.3, 0.4) is 0 Å². The zero-order valence-electron chi connectivity index (χ0n) is 13.5. The molecule has 6 heteroatoms. The minimum absolute atomic E-state index is 0.0431. The third-order valence-corrected chi connectivity index (χ3v) is 4.08. The fraction of sp³-hybridized carbons (Fsp3) is 0.529. The SMILES string of the molecule is COCC(=O)Nc1ccc(CCN2CCCC(C(=O)O)C2)cc1. The molecule has 2 rings (SSSR count). The minimum atomic E-state index is -0.689. The van der Waals surface area contributed by atoms with Gasteiger partial charge >= 0.3 is 5.97 Å². The molecule has 1 heterocycles. The quantitative estimate of drug-likeness (QED) is 0.798. The summed E-state index contributed by atoms with van der Waals surface area (Å²) in [7, 11) is 1.48. The number of carboxylic acids is 1. The second-order valence-electron chi connectivity index (χ2n) is 5.91. The fourth-order valence-electron chi connectivity index (χ4n) is 2.83. The van der Waals surface area contributed by atoms with Crippen LogP contribution >= 0.6 is 0 Å². The number of likely N-dealkylation sites (tertiary alicyclic amines) is 1. The third kappa shape index (κ3) is 5.65. The normalized spacial score (nSPS) is 18.6. The summed E-state index contributed by atoms with van der Waals surface area (Å²) in [5.41, 5.74) is 1.92. The molecule has 0 aromatic heterocycles. The van der Waals surface area contributed by atoms with Gasteiger partial charge in [0.05, 0.1) is 5.92 Å². The Bertz CT molecular complexity index is 530. The predicted molar refractivity (Wildman–Crippen MR) is 87.5 cm³/mol. The average molecular weight is 320 g/mol. The first-order chi connectivity index (χ1) is 11.1. The van der Waals surface area contributed by atoms with Crippen molar-refractivity contribution in [3.05, 3.63) is 29.8 Å². The molecule has 1 aliphatic rings. The molecule has 0 bridgehead atoms. The molecule has 1 aromatic carbocycles. The van der Waals surface area contributed by atoms with Crippen molar-refractivity contribution in [2.45, 2.75) is 19.3 Å². The number of piperidine rings is 1. The second-order valence-corrected chi connectivity index (χ2v) is 5.91. The van der Waals surface area contributed by atoms with Gasteiger partial charge in [0.2, 0.25) is 5.91 Å². The number of ether oxygens (including phenoxy) is 1. The van der Waals surface area contributed by atoms with Crippen LogP contribution in [0.1, 0.15) is 18.4 Å². The Balaban J connectivity index is 1.79. The first-order valence-corrected chi connectivity index (χ1v) is 7.91. The van der Waals surface area contributed by atoms with Gasteiger partial charge in [0, 0.05) is 25.9 Å². The molecule has 1 fully saturated rings. The third-order valence-electron chi connectivity index (χ3n) is 4.08. The lowest BCUT2D eigenvalue weighted by molar-refractivity contribution is -0.143. The number of hydrogen-bond acceptors (Lipinski definition) is 4. The standard InChI is InChI=1S/C17H24N2O4/c1-23-12-16(20)18-15-6-4-13(5-7-15)8-10-19-9-2-3-14(11-19)17(21)22/h4-7,14H,2-3,8-12H2,1H3,(H,18,20)(H,21,22). The molecule has 1 saturated heterocycles. The maximum Gasteiger partial charge on any atom is 0.307 e. The van der Waals surface area contributed by atoms with E-state index in [1.807, 2.05) is 24.3 Å². The van der Waals surface area contributed by atoms with Gasteiger partial charge in [0.25, 0.3) is 0 Å². The van der Waals surface area contributed by atoms with Crippen molar-refractivity contribution in [2.75, 3.05) is 38.7 Å². The van der Waals surface area contributed by atoms with E-state index in [1.54, 1.807) is 0 Å². The highest BCUT2D eigenvalue weighted by atomic mass is 16.5. The molecule has 1 unspecified atom stereocenters. The number of nitrogens with one attached hydrogen (secondary N) is 1. The van der Waals surface area contributed by atoms with E-state index >= 15 is 0 Å². The highest BCUT2D eigenvalue weighted by Gasteiger charge is 2.24. The number of rotatable bonds is 7. The summed E-state index contributed by atoms with van der Waals surface area (Å²) in [6, 6.07) is 7.72.